The summed E-state index contributed by atoms with van der Waals surface area (Å²) in [6.45, 7) is 0.111. The van der Waals surface area contributed by atoms with Crippen LogP contribution in [0.25, 0.3) is 0 Å². The Kier molecular flexibility index (Phi) is 2.72. The Morgan fingerprint density at radius 3 is 2.90 bits per heavy atom. The number of rotatable bonds is 3. The Morgan fingerprint density at radius 1 is 1.33 bits per heavy atom. The monoisotopic (exact) mass is 347 g/mol. The van der Waals surface area contributed by atoms with Gasteiger partial charge in [0.25, 0.3) is 11.7 Å². The van der Waals surface area contributed by atoms with Gasteiger partial charge >= 0.3 is 0 Å². The number of hydrogen-bond donors (Lipinski definition) is 0. The zero-order chi connectivity index (χ0) is 14.6. The van der Waals surface area contributed by atoms with Gasteiger partial charge in [-0.25, -0.2) is 0 Å². The molecular weight excluding hydrogens is 338 g/mol. The van der Waals surface area contributed by atoms with Crippen LogP contribution in [-0.2, 0) is 11.3 Å². The summed E-state index contributed by atoms with van der Waals surface area (Å²) in [5, 5.41) is 3.92. The first-order valence-electron chi connectivity index (χ1n) is 6.62. The van der Waals surface area contributed by atoms with E-state index < -0.39 is 11.7 Å². The Hall–Kier alpha value is -2.02. The van der Waals surface area contributed by atoms with E-state index in [4.69, 9.17) is 4.52 Å². The summed E-state index contributed by atoms with van der Waals surface area (Å²) in [6, 6.07) is 5.17. The molecule has 0 atom stereocenters. The molecule has 1 amide bonds. The second kappa shape index (κ2) is 4.49. The number of halogens is 1. The fourth-order valence-corrected chi connectivity index (χ4v) is 3.02. The minimum absolute atomic E-state index is 0.111. The number of hydrogen-bond acceptors (Lipinski definition) is 5. The molecule has 0 unspecified atom stereocenters. The largest absolute Gasteiger partial charge is 0.337 e. The van der Waals surface area contributed by atoms with Crippen molar-refractivity contribution in [2.75, 3.05) is 4.90 Å². The lowest BCUT2D eigenvalue weighted by molar-refractivity contribution is -0.114. The van der Waals surface area contributed by atoms with E-state index in [-0.39, 0.29) is 6.54 Å². The van der Waals surface area contributed by atoms with Gasteiger partial charge in [0.15, 0.2) is 5.82 Å². The molecule has 0 saturated heterocycles. The molecule has 1 aromatic carbocycles. The van der Waals surface area contributed by atoms with Crippen LogP contribution in [0.15, 0.2) is 27.2 Å². The maximum atomic E-state index is 12.1. The molecule has 4 rings (SSSR count). The van der Waals surface area contributed by atoms with E-state index in [1.165, 1.54) is 4.90 Å². The number of anilines is 1. The van der Waals surface area contributed by atoms with Gasteiger partial charge in [-0.15, -0.1) is 0 Å². The van der Waals surface area contributed by atoms with Crippen LogP contribution in [-0.4, -0.2) is 21.8 Å². The number of nitrogens with zero attached hydrogens (tertiary/aromatic N) is 3. The Labute approximate surface area is 128 Å². The molecule has 0 radical (unpaired) electrons. The summed E-state index contributed by atoms with van der Waals surface area (Å²) in [6.07, 6.45) is 2.16. The van der Waals surface area contributed by atoms with Crippen molar-refractivity contribution in [2.24, 2.45) is 0 Å². The Bertz CT molecular complexity index is 767. The average molecular weight is 348 g/mol. The molecular formula is C14H10BrN3O3. The molecule has 1 fully saturated rings. The molecule has 106 valence electrons. The molecule has 2 aliphatic rings. The second-order valence-corrected chi connectivity index (χ2v) is 6.03. The molecule has 1 saturated carbocycles. The lowest BCUT2D eigenvalue weighted by Crippen LogP contribution is -2.29. The minimum atomic E-state index is -0.567. The van der Waals surface area contributed by atoms with E-state index in [1.807, 2.05) is 0 Å². The summed E-state index contributed by atoms with van der Waals surface area (Å²) in [4.78, 5) is 29.8. The first kappa shape index (κ1) is 12.7. The normalized spacial score (nSPS) is 17.5. The van der Waals surface area contributed by atoms with E-state index in [1.54, 1.807) is 18.2 Å². The van der Waals surface area contributed by atoms with E-state index in [9.17, 15) is 9.59 Å². The van der Waals surface area contributed by atoms with Gasteiger partial charge in [-0.1, -0.05) is 11.2 Å². The Morgan fingerprint density at radius 2 is 2.14 bits per heavy atom. The lowest BCUT2D eigenvalue weighted by atomic mass is 10.1. The third-order valence-corrected chi connectivity index (χ3v) is 4.30. The smallest absolute Gasteiger partial charge is 0.299 e. The first-order valence-corrected chi connectivity index (χ1v) is 7.41. The highest BCUT2D eigenvalue weighted by Crippen LogP contribution is 2.39. The van der Waals surface area contributed by atoms with Gasteiger partial charge in [-0.05, 0) is 40.9 Å². The van der Waals surface area contributed by atoms with Crippen molar-refractivity contribution < 1.29 is 14.1 Å². The maximum absolute atomic E-state index is 12.1. The summed E-state index contributed by atoms with van der Waals surface area (Å²) in [7, 11) is 0. The van der Waals surface area contributed by atoms with E-state index in [0.29, 0.717) is 33.4 Å². The Balaban J connectivity index is 1.68. The fourth-order valence-electron chi connectivity index (χ4n) is 2.44. The molecule has 1 aliphatic carbocycles. The van der Waals surface area contributed by atoms with Crippen LogP contribution in [0.2, 0.25) is 0 Å². The number of Topliss-reactive ketones (excluding diaryl/α,β-unsaturated/α-hetero) is 1. The number of fused-ring (bicyclic) bond motifs is 1. The molecule has 0 N–H and O–H groups in total. The molecule has 6 nitrogen and oxygen atoms in total. The molecule has 7 heteroatoms. The SMILES string of the molecule is O=C1C(=O)N(Cc2nc(C3CC3)no2)c2c(Br)cccc21. The van der Waals surface area contributed by atoms with Crippen LogP contribution in [0.5, 0.6) is 0 Å². The highest BCUT2D eigenvalue weighted by Gasteiger charge is 2.38. The summed E-state index contributed by atoms with van der Waals surface area (Å²) < 4.78 is 5.88. The quantitative estimate of drug-likeness (QED) is 0.797. The van der Waals surface area contributed by atoms with Crippen LogP contribution in [0.1, 0.15) is 40.8 Å². The van der Waals surface area contributed by atoms with Crippen molar-refractivity contribution in [1.82, 2.24) is 10.1 Å². The molecule has 1 aliphatic heterocycles. The number of amides is 1. The first-order chi connectivity index (χ1) is 10.1. The van der Waals surface area contributed by atoms with Gasteiger partial charge in [0.1, 0.15) is 6.54 Å². The van der Waals surface area contributed by atoms with Crippen molar-refractivity contribution in [3.8, 4) is 0 Å². The van der Waals surface area contributed by atoms with E-state index >= 15 is 0 Å². The van der Waals surface area contributed by atoms with Crippen molar-refractivity contribution in [3.63, 3.8) is 0 Å². The number of aromatic nitrogens is 2. The average Bonchev–Trinajstić information content (AvgIpc) is 3.18. The third-order valence-electron chi connectivity index (χ3n) is 3.66. The van der Waals surface area contributed by atoms with Gasteiger partial charge in [0, 0.05) is 10.4 Å². The molecule has 2 heterocycles. The number of ketones is 1. The van der Waals surface area contributed by atoms with Crippen LogP contribution < -0.4 is 4.90 Å². The molecule has 1 aromatic heterocycles. The van der Waals surface area contributed by atoms with E-state index in [0.717, 1.165) is 12.8 Å². The standard InChI is InChI=1S/C14H10BrN3O3/c15-9-3-1-2-8-11(9)18(14(20)12(8)19)6-10-16-13(17-21-10)7-4-5-7/h1-3,7H,4-6H2. The third kappa shape index (κ3) is 1.99. The number of para-hydroxylation sites is 1. The van der Waals surface area contributed by atoms with Gasteiger partial charge in [0.2, 0.25) is 5.89 Å². The predicted octanol–water partition coefficient (Wildman–Crippen LogP) is 2.44. The zero-order valence-corrected chi connectivity index (χ0v) is 12.5. The fraction of sp³-hybridized carbons (Fsp3) is 0.286. The molecule has 2 aromatic rings. The van der Waals surface area contributed by atoms with Gasteiger partial charge in [0.05, 0.1) is 11.3 Å². The number of carbonyl (C=O) groups is 2. The maximum Gasteiger partial charge on any atom is 0.299 e. The van der Waals surface area contributed by atoms with Gasteiger partial charge in [-0.2, -0.15) is 4.98 Å². The van der Waals surface area contributed by atoms with Crippen molar-refractivity contribution in [2.45, 2.75) is 25.3 Å². The van der Waals surface area contributed by atoms with Gasteiger partial charge in [-0.3, -0.25) is 14.5 Å². The van der Waals surface area contributed by atoms with Crippen LogP contribution in [0, 0.1) is 0 Å². The summed E-state index contributed by atoms with van der Waals surface area (Å²) in [5.41, 5.74) is 0.968. The number of benzene rings is 1. The molecule has 0 spiro atoms. The lowest BCUT2D eigenvalue weighted by Gasteiger charge is -2.15. The predicted molar refractivity (Wildman–Crippen MR) is 75.9 cm³/mol. The number of carbonyl (C=O) groups excluding carboxylic acids is 2. The van der Waals surface area contributed by atoms with Crippen LogP contribution >= 0.6 is 15.9 Å². The van der Waals surface area contributed by atoms with Crippen LogP contribution in [0.3, 0.4) is 0 Å². The van der Waals surface area contributed by atoms with Gasteiger partial charge < -0.3 is 4.52 Å². The van der Waals surface area contributed by atoms with E-state index in [2.05, 4.69) is 26.1 Å². The molecule has 0 bridgehead atoms. The highest BCUT2D eigenvalue weighted by atomic mass is 79.9. The van der Waals surface area contributed by atoms with Crippen LogP contribution in [0.4, 0.5) is 5.69 Å². The second-order valence-electron chi connectivity index (χ2n) is 5.18. The topological polar surface area (TPSA) is 76.3 Å². The summed E-state index contributed by atoms with van der Waals surface area (Å²) in [5.74, 6) is 0.353. The van der Waals surface area contributed by atoms with Crippen molar-refractivity contribution in [1.29, 1.82) is 0 Å². The summed E-state index contributed by atoms with van der Waals surface area (Å²) >= 11 is 3.38. The highest BCUT2D eigenvalue weighted by molar-refractivity contribution is 9.10. The van der Waals surface area contributed by atoms with Crippen molar-refractivity contribution >= 4 is 33.3 Å². The zero-order valence-electron chi connectivity index (χ0n) is 10.9. The van der Waals surface area contributed by atoms with Crippen molar-refractivity contribution in [3.05, 3.63) is 40.0 Å². The molecule has 21 heavy (non-hydrogen) atoms. The minimum Gasteiger partial charge on any atom is -0.337 e.